The maximum absolute atomic E-state index is 12.7. The summed E-state index contributed by atoms with van der Waals surface area (Å²) >= 11 is 0. The van der Waals surface area contributed by atoms with Crippen LogP contribution in [0.4, 0.5) is 0 Å². The van der Waals surface area contributed by atoms with Crippen molar-refractivity contribution in [3.05, 3.63) is 29.3 Å². The Labute approximate surface area is 164 Å². The SMILES string of the molecule is CCCC1C[C@H](NS(=O)(=O)N(CC)CC)C[C@H]2Cc3c(O)cccc3C[C@H]12. The monoisotopic (exact) mass is 394 g/mol. The second-order valence-corrected chi connectivity index (χ2v) is 9.87. The van der Waals surface area contributed by atoms with Crippen LogP contribution in [0.5, 0.6) is 5.75 Å². The van der Waals surface area contributed by atoms with Gasteiger partial charge in [-0.1, -0.05) is 45.7 Å². The van der Waals surface area contributed by atoms with E-state index in [-0.39, 0.29) is 6.04 Å². The first-order valence-electron chi connectivity index (χ1n) is 10.5. The molecule has 5 nitrogen and oxygen atoms in total. The first kappa shape index (κ1) is 20.6. The third-order valence-corrected chi connectivity index (χ3v) is 8.40. The van der Waals surface area contributed by atoms with Crippen LogP contribution >= 0.6 is 0 Å². The third-order valence-electron chi connectivity index (χ3n) is 6.58. The van der Waals surface area contributed by atoms with Gasteiger partial charge in [0.25, 0.3) is 10.2 Å². The molecule has 2 aliphatic carbocycles. The summed E-state index contributed by atoms with van der Waals surface area (Å²) in [6, 6.07) is 5.84. The van der Waals surface area contributed by atoms with Crippen LogP contribution in [0.25, 0.3) is 0 Å². The average molecular weight is 395 g/mol. The molecule has 0 saturated heterocycles. The fraction of sp³-hybridized carbons (Fsp3) is 0.714. The van der Waals surface area contributed by atoms with Gasteiger partial charge in [0.1, 0.15) is 5.75 Å². The van der Waals surface area contributed by atoms with Crippen molar-refractivity contribution in [1.82, 2.24) is 9.03 Å². The first-order valence-corrected chi connectivity index (χ1v) is 11.9. The van der Waals surface area contributed by atoms with Gasteiger partial charge in [-0.2, -0.15) is 17.4 Å². The molecule has 2 N–H and O–H groups in total. The van der Waals surface area contributed by atoms with Crippen LogP contribution in [0.1, 0.15) is 57.6 Å². The lowest BCUT2D eigenvalue weighted by molar-refractivity contribution is 0.110. The fourth-order valence-corrected chi connectivity index (χ4v) is 6.78. The number of nitrogens with zero attached hydrogens (tertiary/aromatic N) is 1. The lowest BCUT2D eigenvalue weighted by Crippen LogP contribution is -2.50. The van der Waals surface area contributed by atoms with Gasteiger partial charge in [-0.25, -0.2) is 0 Å². The molecular weight excluding hydrogens is 360 g/mol. The van der Waals surface area contributed by atoms with Crippen molar-refractivity contribution < 1.29 is 13.5 Å². The second-order valence-electron chi connectivity index (χ2n) is 8.17. The summed E-state index contributed by atoms with van der Waals surface area (Å²) in [5.41, 5.74) is 2.35. The van der Waals surface area contributed by atoms with E-state index in [0.717, 1.165) is 44.1 Å². The van der Waals surface area contributed by atoms with Crippen LogP contribution in [-0.2, 0) is 23.1 Å². The van der Waals surface area contributed by atoms with E-state index in [1.807, 2.05) is 19.9 Å². The van der Waals surface area contributed by atoms with Gasteiger partial charge in [0.15, 0.2) is 0 Å². The summed E-state index contributed by atoms with van der Waals surface area (Å²) in [7, 11) is -3.43. The molecule has 0 heterocycles. The molecule has 3 rings (SSSR count). The Kier molecular flexibility index (Phi) is 6.49. The first-order chi connectivity index (χ1) is 12.9. The molecule has 27 heavy (non-hydrogen) atoms. The van der Waals surface area contributed by atoms with E-state index in [2.05, 4.69) is 17.7 Å². The zero-order valence-corrected chi connectivity index (χ0v) is 17.6. The Morgan fingerprint density at radius 2 is 1.89 bits per heavy atom. The number of rotatable bonds is 7. The number of benzene rings is 1. The van der Waals surface area contributed by atoms with Crippen molar-refractivity contribution in [3.63, 3.8) is 0 Å². The quantitative estimate of drug-likeness (QED) is 0.744. The van der Waals surface area contributed by atoms with Crippen molar-refractivity contribution in [2.45, 2.75) is 65.3 Å². The highest BCUT2D eigenvalue weighted by Gasteiger charge is 2.41. The van der Waals surface area contributed by atoms with Crippen molar-refractivity contribution in [3.8, 4) is 5.75 Å². The molecule has 1 aromatic carbocycles. The molecule has 1 aromatic rings. The summed E-state index contributed by atoms with van der Waals surface area (Å²) < 4.78 is 29.9. The van der Waals surface area contributed by atoms with E-state index < -0.39 is 10.2 Å². The molecule has 152 valence electrons. The summed E-state index contributed by atoms with van der Waals surface area (Å²) in [4.78, 5) is 0. The summed E-state index contributed by atoms with van der Waals surface area (Å²) in [6.45, 7) is 6.94. The zero-order chi connectivity index (χ0) is 19.6. The Hall–Kier alpha value is -1.11. The van der Waals surface area contributed by atoms with E-state index in [9.17, 15) is 13.5 Å². The minimum atomic E-state index is -3.43. The number of phenols is 1. The zero-order valence-electron chi connectivity index (χ0n) is 16.8. The van der Waals surface area contributed by atoms with E-state index in [0.29, 0.717) is 36.6 Å². The van der Waals surface area contributed by atoms with E-state index in [1.165, 1.54) is 9.87 Å². The maximum atomic E-state index is 12.7. The molecule has 4 atom stereocenters. The lowest BCUT2D eigenvalue weighted by Gasteiger charge is -2.45. The lowest BCUT2D eigenvalue weighted by atomic mass is 9.62. The number of phenolic OH excluding ortho intramolecular Hbond substituents is 1. The Morgan fingerprint density at radius 1 is 1.15 bits per heavy atom. The predicted octanol–water partition coefficient (Wildman–Crippen LogP) is 3.48. The third kappa shape index (κ3) is 4.33. The largest absolute Gasteiger partial charge is 0.508 e. The van der Waals surface area contributed by atoms with Crippen LogP contribution in [0, 0.1) is 17.8 Å². The molecular formula is C21H34N2O3S. The van der Waals surface area contributed by atoms with Crippen LogP contribution < -0.4 is 4.72 Å². The van der Waals surface area contributed by atoms with Gasteiger partial charge in [-0.3, -0.25) is 0 Å². The number of fused-ring (bicyclic) bond motifs is 2. The number of hydrogen-bond acceptors (Lipinski definition) is 3. The molecule has 0 amide bonds. The van der Waals surface area contributed by atoms with E-state index in [1.54, 1.807) is 6.07 Å². The van der Waals surface area contributed by atoms with Crippen molar-refractivity contribution in [2.24, 2.45) is 17.8 Å². The van der Waals surface area contributed by atoms with Crippen LogP contribution in [0.15, 0.2) is 18.2 Å². The molecule has 1 unspecified atom stereocenters. The van der Waals surface area contributed by atoms with Gasteiger partial charge in [0.05, 0.1) is 0 Å². The molecule has 1 fully saturated rings. The number of nitrogens with one attached hydrogen (secondary N) is 1. The predicted molar refractivity (Wildman–Crippen MR) is 109 cm³/mol. The number of aromatic hydroxyl groups is 1. The Bertz CT molecular complexity index is 746. The van der Waals surface area contributed by atoms with Gasteiger partial charge < -0.3 is 5.11 Å². The Balaban J connectivity index is 1.81. The normalized spacial score (nSPS) is 28.0. The second kappa shape index (κ2) is 8.50. The van der Waals surface area contributed by atoms with Crippen LogP contribution in [0.2, 0.25) is 0 Å². The smallest absolute Gasteiger partial charge is 0.279 e. The van der Waals surface area contributed by atoms with Gasteiger partial charge in [-0.05, 0) is 60.6 Å². The average Bonchev–Trinajstić information content (AvgIpc) is 2.62. The van der Waals surface area contributed by atoms with Crippen molar-refractivity contribution in [1.29, 1.82) is 0 Å². The van der Waals surface area contributed by atoms with Crippen LogP contribution in [0.3, 0.4) is 0 Å². The molecule has 0 bridgehead atoms. The number of hydrogen-bond donors (Lipinski definition) is 2. The van der Waals surface area contributed by atoms with E-state index >= 15 is 0 Å². The van der Waals surface area contributed by atoms with Gasteiger partial charge in [-0.15, -0.1) is 0 Å². The summed E-state index contributed by atoms with van der Waals surface area (Å²) in [6.07, 6.45) is 5.91. The minimum Gasteiger partial charge on any atom is -0.508 e. The minimum absolute atomic E-state index is 0.0131. The molecule has 0 radical (unpaired) electrons. The highest BCUT2D eigenvalue weighted by Crippen LogP contribution is 2.46. The standard InChI is InChI=1S/C21H34N2O3S/c1-4-8-15-11-18(22-27(25,26)23(5-2)6-3)12-17-14-20-16(13-19(15)17)9-7-10-21(20)24/h7,9-10,15,17-19,22,24H,4-6,8,11-14H2,1-3H3/t15?,17-,18-,19+/m0/s1. The molecule has 6 heteroatoms. The summed E-state index contributed by atoms with van der Waals surface area (Å²) in [5.74, 6) is 1.95. The molecule has 0 aliphatic heterocycles. The highest BCUT2D eigenvalue weighted by atomic mass is 32.2. The topological polar surface area (TPSA) is 69.6 Å². The van der Waals surface area contributed by atoms with Crippen molar-refractivity contribution >= 4 is 10.2 Å². The molecule has 2 aliphatic rings. The molecule has 1 saturated carbocycles. The van der Waals surface area contributed by atoms with E-state index in [4.69, 9.17) is 0 Å². The summed E-state index contributed by atoms with van der Waals surface area (Å²) in [5, 5.41) is 10.3. The maximum Gasteiger partial charge on any atom is 0.279 e. The fourth-order valence-electron chi connectivity index (χ4n) is 5.34. The highest BCUT2D eigenvalue weighted by molar-refractivity contribution is 7.87. The molecule has 0 aromatic heterocycles. The van der Waals surface area contributed by atoms with Gasteiger partial charge >= 0.3 is 0 Å². The van der Waals surface area contributed by atoms with Gasteiger partial charge in [0.2, 0.25) is 0 Å². The van der Waals surface area contributed by atoms with Crippen LogP contribution in [-0.4, -0.2) is 37.0 Å². The molecule has 0 spiro atoms. The van der Waals surface area contributed by atoms with Gasteiger partial charge in [0, 0.05) is 19.1 Å². The van der Waals surface area contributed by atoms with Crippen molar-refractivity contribution in [2.75, 3.05) is 13.1 Å². The Morgan fingerprint density at radius 3 is 2.56 bits per heavy atom.